The fraction of sp³-hybridized carbons (Fsp3) is 0.417. The third-order valence-electron chi connectivity index (χ3n) is 2.84. The Morgan fingerprint density at radius 2 is 2.00 bits per heavy atom. The Labute approximate surface area is 93.6 Å². The Morgan fingerprint density at radius 3 is 2.81 bits per heavy atom. The van der Waals surface area contributed by atoms with Gasteiger partial charge in [0.25, 0.3) is 6.01 Å². The van der Waals surface area contributed by atoms with E-state index in [9.17, 15) is 0 Å². The van der Waals surface area contributed by atoms with Crippen LogP contribution in [0.25, 0.3) is 11.1 Å². The second-order valence-corrected chi connectivity index (χ2v) is 4.02. The number of anilines is 1. The van der Waals surface area contributed by atoms with Crippen LogP contribution in [0.5, 0.6) is 0 Å². The topological polar surface area (TPSA) is 47.3 Å². The first-order valence-corrected chi connectivity index (χ1v) is 5.62. The number of oxazole rings is 1. The Kier molecular flexibility index (Phi) is 2.50. The van der Waals surface area contributed by atoms with Crippen molar-refractivity contribution in [2.45, 2.75) is 18.9 Å². The Bertz CT molecular complexity index is 442. The maximum Gasteiger partial charge on any atom is 0.295 e. The van der Waals surface area contributed by atoms with Gasteiger partial charge in [-0.1, -0.05) is 12.1 Å². The highest BCUT2D eigenvalue weighted by Gasteiger charge is 2.15. The van der Waals surface area contributed by atoms with Gasteiger partial charge >= 0.3 is 0 Å². The first-order chi connectivity index (χ1) is 7.92. The van der Waals surface area contributed by atoms with Gasteiger partial charge in [0.2, 0.25) is 0 Å². The standard InChI is InChI=1S/C12H14N2O2/c1-2-4-11-10(3-1)14-12(16-11)13-9-5-7-15-8-6-9/h1-4,9H,5-8H2,(H,13,14). The van der Waals surface area contributed by atoms with Crippen LogP contribution in [0.1, 0.15) is 12.8 Å². The smallest absolute Gasteiger partial charge is 0.295 e. The molecule has 0 atom stereocenters. The van der Waals surface area contributed by atoms with Gasteiger partial charge in [0, 0.05) is 19.3 Å². The largest absolute Gasteiger partial charge is 0.424 e. The minimum Gasteiger partial charge on any atom is -0.424 e. The van der Waals surface area contributed by atoms with Gasteiger partial charge in [-0.25, -0.2) is 0 Å². The minimum atomic E-state index is 0.418. The minimum absolute atomic E-state index is 0.418. The second-order valence-electron chi connectivity index (χ2n) is 4.02. The van der Waals surface area contributed by atoms with Crippen molar-refractivity contribution < 1.29 is 9.15 Å². The molecule has 2 aromatic rings. The average molecular weight is 218 g/mol. The molecule has 4 heteroatoms. The van der Waals surface area contributed by atoms with Crippen LogP contribution in [0.2, 0.25) is 0 Å². The molecule has 0 spiro atoms. The van der Waals surface area contributed by atoms with E-state index in [0.29, 0.717) is 12.1 Å². The molecule has 0 saturated carbocycles. The van der Waals surface area contributed by atoms with Crippen molar-refractivity contribution in [3.05, 3.63) is 24.3 Å². The zero-order chi connectivity index (χ0) is 10.8. The number of nitrogens with zero attached hydrogens (tertiary/aromatic N) is 1. The summed E-state index contributed by atoms with van der Waals surface area (Å²) in [6.07, 6.45) is 2.03. The second kappa shape index (κ2) is 4.14. The Morgan fingerprint density at radius 1 is 1.19 bits per heavy atom. The SMILES string of the molecule is c1ccc2oc(NC3CCOCC3)nc2c1. The van der Waals surface area contributed by atoms with Crippen LogP contribution < -0.4 is 5.32 Å². The van der Waals surface area contributed by atoms with E-state index in [1.165, 1.54) is 0 Å². The summed E-state index contributed by atoms with van der Waals surface area (Å²) < 4.78 is 10.9. The molecule has 0 unspecified atom stereocenters. The molecule has 1 aromatic carbocycles. The maximum atomic E-state index is 5.61. The molecule has 1 fully saturated rings. The van der Waals surface area contributed by atoms with E-state index in [0.717, 1.165) is 37.2 Å². The third kappa shape index (κ3) is 1.88. The highest BCUT2D eigenvalue weighted by atomic mass is 16.5. The van der Waals surface area contributed by atoms with Crippen molar-refractivity contribution in [1.82, 2.24) is 4.98 Å². The van der Waals surface area contributed by atoms with Gasteiger partial charge < -0.3 is 14.5 Å². The molecular formula is C12H14N2O2. The predicted molar refractivity (Wildman–Crippen MR) is 61.5 cm³/mol. The molecule has 0 bridgehead atoms. The molecule has 1 saturated heterocycles. The number of para-hydroxylation sites is 2. The summed E-state index contributed by atoms with van der Waals surface area (Å²) in [6, 6.07) is 8.83. The molecule has 3 rings (SSSR count). The lowest BCUT2D eigenvalue weighted by atomic mass is 10.1. The first-order valence-electron chi connectivity index (χ1n) is 5.62. The van der Waals surface area contributed by atoms with Crippen LogP contribution in [0, 0.1) is 0 Å². The molecular weight excluding hydrogens is 204 g/mol. The van der Waals surface area contributed by atoms with Crippen LogP contribution in [0.15, 0.2) is 28.7 Å². The summed E-state index contributed by atoms with van der Waals surface area (Å²) in [7, 11) is 0. The molecule has 16 heavy (non-hydrogen) atoms. The monoisotopic (exact) mass is 218 g/mol. The number of hydrogen-bond acceptors (Lipinski definition) is 4. The molecule has 1 aliphatic heterocycles. The molecule has 1 aromatic heterocycles. The van der Waals surface area contributed by atoms with Crippen LogP contribution in [-0.4, -0.2) is 24.2 Å². The summed E-state index contributed by atoms with van der Waals surface area (Å²) in [5, 5.41) is 3.31. The van der Waals surface area contributed by atoms with E-state index in [1.807, 2.05) is 24.3 Å². The van der Waals surface area contributed by atoms with E-state index in [2.05, 4.69) is 10.3 Å². The average Bonchev–Trinajstić information content (AvgIpc) is 2.72. The molecule has 4 nitrogen and oxygen atoms in total. The number of rotatable bonds is 2. The molecule has 1 aliphatic rings. The highest BCUT2D eigenvalue weighted by molar-refractivity contribution is 5.74. The summed E-state index contributed by atoms with van der Waals surface area (Å²) in [5.74, 6) is 0. The number of hydrogen-bond donors (Lipinski definition) is 1. The maximum absolute atomic E-state index is 5.61. The highest BCUT2D eigenvalue weighted by Crippen LogP contribution is 2.20. The van der Waals surface area contributed by atoms with Crippen LogP contribution in [0.4, 0.5) is 6.01 Å². The summed E-state index contributed by atoms with van der Waals surface area (Å²) in [6.45, 7) is 1.63. The number of ether oxygens (including phenoxy) is 1. The molecule has 0 aliphatic carbocycles. The summed E-state index contributed by atoms with van der Waals surface area (Å²) in [4.78, 5) is 4.39. The van der Waals surface area contributed by atoms with Crippen LogP contribution in [0.3, 0.4) is 0 Å². The zero-order valence-corrected chi connectivity index (χ0v) is 8.98. The fourth-order valence-electron chi connectivity index (χ4n) is 1.95. The number of nitrogens with one attached hydrogen (secondary N) is 1. The normalized spacial score (nSPS) is 17.8. The van der Waals surface area contributed by atoms with Gasteiger partial charge in [0.15, 0.2) is 5.58 Å². The predicted octanol–water partition coefficient (Wildman–Crippen LogP) is 2.42. The Hall–Kier alpha value is -1.55. The van der Waals surface area contributed by atoms with E-state index < -0.39 is 0 Å². The van der Waals surface area contributed by atoms with Crippen molar-refractivity contribution in [3.8, 4) is 0 Å². The summed E-state index contributed by atoms with van der Waals surface area (Å²) in [5.41, 5.74) is 1.73. The molecule has 0 radical (unpaired) electrons. The first kappa shape index (κ1) is 9.66. The molecule has 0 amide bonds. The van der Waals surface area contributed by atoms with Gasteiger partial charge in [-0.15, -0.1) is 0 Å². The lowest BCUT2D eigenvalue weighted by molar-refractivity contribution is 0.0900. The van der Waals surface area contributed by atoms with E-state index in [4.69, 9.17) is 9.15 Å². The molecule has 84 valence electrons. The van der Waals surface area contributed by atoms with Crippen LogP contribution in [-0.2, 0) is 4.74 Å². The van der Waals surface area contributed by atoms with Gasteiger partial charge in [-0.05, 0) is 25.0 Å². The fourth-order valence-corrected chi connectivity index (χ4v) is 1.95. The number of aromatic nitrogens is 1. The summed E-state index contributed by atoms with van der Waals surface area (Å²) >= 11 is 0. The third-order valence-corrected chi connectivity index (χ3v) is 2.84. The number of fused-ring (bicyclic) bond motifs is 1. The van der Waals surface area contributed by atoms with E-state index >= 15 is 0 Å². The zero-order valence-electron chi connectivity index (χ0n) is 8.98. The molecule has 1 N–H and O–H groups in total. The number of benzene rings is 1. The van der Waals surface area contributed by atoms with Gasteiger partial charge in [-0.3, -0.25) is 0 Å². The van der Waals surface area contributed by atoms with Crippen molar-refractivity contribution in [2.75, 3.05) is 18.5 Å². The van der Waals surface area contributed by atoms with Crippen LogP contribution >= 0.6 is 0 Å². The van der Waals surface area contributed by atoms with Gasteiger partial charge in [0.05, 0.1) is 0 Å². The van der Waals surface area contributed by atoms with Crippen molar-refractivity contribution >= 4 is 17.1 Å². The lowest BCUT2D eigenvalue weighted by Gasteiger charge is -2.21. The van der Waals surface area contributed by atoms with E-state index in [-0.39, 0.29) is 0 Å². The van der Waals surface area contributed by atoms with E-state index in [1.54, 1.807) is 0 Å². The molecule has 2 heterocycles. The van der Waals surface area contributed by atoms with Crippen molar-refractivity contribution in [1.29, 1.82) is 0 Å². The quantitative estimate of drug-likeness (QED) is 0.840. The Balaban J connectivity index is 1.78. The van der Waals surface area contributed by atoms with Gasteiger partial charge in [-0.2, -0.15) is 4.98 Å². The van der Waals surface area contributed by atoms with Gasteiger partial charge in [0.1, 0.15) is 5.52 Å². The van der Waals surface area contributed by atoms with Crippen molar-refractivity contribution in [2.24, 2.45) is 0 Å². The lowest BCUT2D eigenvalue weighted by Crippen LogP contribution is -2.27. The van der Waals surface area contributed by atoms with Crippen molar-refractivity contribution in [3.63, 3.8) is 0 Å².